The lowest BCUT2D eigenvalue weighted by Crippen LogP contribution is -2.27. The molecule has 1 unspecified atom stereocenters. The van der Waals surface area contributed by atoms with Crippen LogP contribution in [0.15, 0.2) is 12.1 Å². The Labute approximate surface area is 118 Å². The standard InChI is InChI=1S/C14H19NO3S/c1-4-5-11(14(16)17)18-12-8(2)6-10(13(15)19)7-9(12)3/h6-7,11H,4-5H2,1-3H3,(H2,15,19)(H,16,17). The van der Waals surface area contributed by atoms with Crippen LogP contribution in [0, 0.1) is 13.8 Å². The summed E-state index contributed by atoms with van der Waals surface area (Å²) in [6.07, 6.45) is 0.406. The number of ether oxygens (including phenoxy) is 1. The van der Waals surface area contributed by atoms with E-state index in [1.54, 1.807) is 0 Å². The number of aryl methyl sites for hydroxylation is 2. The molecule has 0 bridgehead atoms. The summed E-state index contributed by atoms with van der Waals surface area (Å²) in [6, 6.07) is 3.63. The average Bonchev–Trinajstić information content (AvgIpc) is 2.31. The van der Waals surface area contributed by atoms with Crippen molar-refractivity contribution < 1.29 is 14.6 Å². The van der Waals surface area contributed by atoms with Crippen LogP contribution in [0.2, 0.25) is 0 Å². The van der Waals surface area contributed by atoms with E-state index in [0.29, 0.717) is 17.2 Å². The van der Waals surface area contributed by atoms with E-state index in [4.69, 9.17) is 27.8 Å². The van der Waals surface area contributed by atoms with Crippen LogP contribution in [0.5, 0.6) is 5.75 Å². The summed E-state index contributed by atoms with van der Waals surface area (Å²) < 4.78 is 5.63. The third kappa shape index (κ3) is 3.92. The number of nitrogens with two attached hydrogens (primary N) is 1. The Hall–Kier alpha value is -1.62. The van der Waals surface area contributed by atoms with Crippen molar-refractivity contribution in [3.05, 3.63) is 28.8 Å². The smallest absolute Gasteiger partial charge is 0.344 e. The van der Waals surface area contributed by atoms with Crippen LogP contribution in [0.3, 0.4) is 0 Å². The van der Waals surface area contributed by atoms with Gasteiger partial charge in [-0.1, -0.05) is 25.6 Å². The van der Waals surface area contributed by atoms with E-state index in [-0.39, 0.29) is 0 Å². The van der Waals surface area contributed by atoms with Crippen molar-refractivity contribution in [2.45, 2.75) is 39.7 Å². The van der Waals surface area contributed by atoms with Gasteiger partial charge in [-0.15, -0.1) is 0 Å². The van der Waals surface area contributed by atoms with Crippen molar-refractivity contribution in [1.29, 1.82) is 0 Å². The van der Waals surface area contributed by atoms with Gasteiger partial charge in [-0.25, -0.2) is 4.79 Å². The first-order valence-electron chi connectivity index (χ1n) is 6.17. The van der Waals surface area contributed by atoms with Crippen LogP contribution in [0.4, 0.5) is 0 Å². The molecule has 0 saturated heterocycles. The quantitative estimate of drug-likeness (QED) is 0.784. The Balaban J connectivity index is 3.07. The zero-order valence-corrected chi connectivity index (χ0v) is 12.2. The van der Waals surface area contributed by atoms with E-state index in [0.717, 1.165) is 23.1 Å². The van der Waals surface area contributed by atoms with Crippen LogP contribution in [-0.4, -0.2) is 22.2 Å². The summed E-state index contributed by atoms with van der Waals surface area (Å²) >= 11 is 4.94. The first kappa shape index (κ1) is 15.4. The maximum Gasteiger partial charge on any atom is 0.344 e. The van der Waals surface area contributed by atoms with Gasteiger partial charge < -0.3 is 15.6 Å². The molecule has 0 fully saturated rings. The number of hydrogen-bond donors (Lipinski definition) is 2. The van der Waals surface area contributed by atoms with E-state index in [1.165, 1.54) is 0 Å². The molecule has 5 heteroatoms. The fourth-order valence-corrected chi connectivity index (χ4v) is 2.03. The van der Waals surface area contributed by atoms with Gasteiger partial charge in [-0.2, -0.15) is 0 Å². The number of rotatable bonds is 6. The van der Waals surface area contributed by atoms with Crippen molar-refractivity contribution in [3.8, 4) is 5.75 Å². The van der Waals surface area contributed by atoms with Gasteiger partial charge in [0.15, 0.2) is 6.10 Å². The Morgan fingerprint density at radius 1 is 1.42 bits per heavy atom. The van der Waals surface area contributed by atoms with Gasteiger partial charge in [0.1, 0.15) is 10.7 Å². The van der Waals surface area contributed by atoms with Gasteiger partial charge in [-0.05, 0) is 43.5 Å². The Morgan fingerprint density at radius 3 is 2.32 bits per heavy atom. The van der Waals surface area contributed by atoms with E-state index >= 15 is 0 Å². The normalized spacial score (nSPS) is 11.9. The first-order chi connectivity index (χ1) is 8.86. The Morgan fingerprint density at radius 2 is 1.95 bits per heavy atom. The predicted molar refractivity (Wildman–Crippen MR) is 78.8 cm³/mol. The summed E-state index contributed by atoms with van der Waals surface area (Å²) in [6.45, 7) is 5.64. The zero-order valence-electron chi connectivity index (χ0n) is 11.4. The minimum atomic E-state index is -0.945. The SMILES string of the molecule is CCCC(Oc1c(C)cc(C(N)=S)cc1C)C(=O)O. The molecule has 1 rings (SSSR count). The van der Waals surface area contributed by atoms with Crippen LogP contribution in [0.1, 0.15) is 36.5 Å². The summed E-state index contributed by atoms with van der Waals surface area (Å²) in [5, 5.41) is 9.12. The molecule has 3 N–H and O–H groups in total. The molecule has 4 nitrogen and oxygen atoms in total. The molecule has 0 spiro atoms. The summed E-state index contributed by atoms with van der Waals surface area (Å²) in [5.74, 6) is -0.347. The second kappa shape index (κ2) is 6.52. The Bertz CT molecular complexity index is 476. The molecule has 0 aliphatic rings. The first-order valence-corrected chi connectivity index (χ1v) is 6.58. The molecule has 0 saturated carbocycles. The molecule has 1 atom stereocenters. The van der Waals surface area contributed by atoms with Gasteiger partial charge in [0, 0.05) is 5.56 Å². The topological polar surface area (TPSA) is 72.5 Å². The summed E-state index contributed by atoms with van der Waals surface area (Å²) in [5.41, 5.74) is 8.04. The third-order valence-corrected chi connectivity index (χ3v) is 3.07. The maximum atomic E-state index is 11.1. The van der Waals surface area contributed by atoms with Crippen molar-refractivity contribution >= 4 is 23.2 Å². The number of aliphatic carboxylic acids is 1. The van der Waals surface area contributed by atoms with E-state index in [9.17, 15) is 4.79 Å². The number of hydrogen-bond acceptors (Lipinski definition) is 3. The van der Waals surface area contributed by atoms with Gasteiger partial charge in [0.2, 0.25) is 0 Å². The molecule has 19 heavy (non-hydrogen) atoms. The molecule has 0 radical (unpaired) electrons. The molecule has 0 aliphatic carbocycles. The second-order valence-corrected chi connectivity index (χ2v) is 4.98. The van der Waals surface area contributed by atoms with Gasteiger partial charge in [0.25, 0.3) is 0 Å². The highest BCUT2D eigenvalue weighted by molar-refractivity contribution is 7.80. The predicted octanol–water partition coefficient (Wildman–Crippen LogP) is 2.57. The number of carboxylic acid groups (broad SMARTS) is 1. The minimum Gasteiger partial charge on any atom is -0.479 e. The minimum absolute atomic E-state index is 0.320. The summed E-state index contributed by atoms with van der Waals surface area (Å²) in [4.78, 5) is 11.4. The zero-order chi connectivity index (χ0) is 14.6. The molecular formula is C14H19NO3S. The monoisotopic (exact) mass is 281 g/mol. The molecular weight excluding hydrogens is 262 g/mol. The van der Waals surface area contributed by atoms with Gasteiger partial charge in [-0.3, -0.25) is 0 Å². The lowest BCUT2D eigenvalue weighted by Gasteiger charge is -2.18. The summed E-state index contributed by atoms with van der Waals surface area (Å²) in [7, 11) is 0. The van der Waals surface area contributed by atoms with Crippen molar-refractivity contribution in [2.24, 2.45) is 5.73 Å². The molecule has 0 aliphatic heterocycles. The maximum absolute atomic E-state index is 11.1. The van der Waals surface area contributed by atoms with Crippen LogP contribution >= 0.6 is 12.2 Å². The van der Waals surface area contributed by atoms with Crippen LogP contribution in [-0.2, 0) is 4.79 Å². The van der Waals surface area contributed by atoms with Crippen molar-refractivity contribution in [2.75, 3.05) is 0 Å². The van der Waals surface area contributed by atoms with Crippen LogP contribution in [0.25, 0.3) is 0 Å². The molecule has 0 heterocycles. The molecule has 1 aromatic carbocycles. The molecule has 0 amide bonds. The number of carbonyl (C=O) groups is 1. The van der Waals surface area contributed by atoms with E-state index in [2.05, 4.69) is 0 Å². The van der Waals surface area contributed by atoms with Gasteiger partial charge in [0.05, 0.1) is 0 Å². The molecule has 1 aromatic rings. The van der Waals surface area contributed by atoms with Gasteiger partial charge >= 0.3 is 5.97 Å². The highest BCUT2D eigenvalue weighted by atomic mass is 32.1. The van der Waals surface area contributed by atoms with Crippen LogP contribution < -0.4 is 10.5 Å². The average molecular weight is 281 g/mol. The lowest BCUT2D eigenvalue weighted by molar-refractivity contribution is -0.145. The third-order valence-electron chi connectivity index (χ3n) is 2.83. The highest BCUT2D eigenvalue weighted by Crippen LogP contribution is 2.26. The number of benzene rings is 1. The molecule has 0 aromatic heterocycles. The van der Waals surface area contributed by atoms with E-state index in [1.807, 2.05) is 32.9 Å². The van der Waals surface area contributed by atoms with Crippen molar-refractivity contribution in [3.63, 3.8) is 0 Å². The second-order valence-electron chi connectivity index (χ2n) is 4.54. The van der Waals surface area contributed by atoms with E-state index < -0.39 is 12.1 Å². The Kier molecular flexibility index (Phi) is 5.30. The lowest BCUT2D eigenvalue weighted by atomic mass is 10.1. The number of thiocarbonyl (C=S) groups is 1. The number of carboxylic acids is 1. The largest absolute Gasteiger partial charge is 0.479 e. The fraction of sp³-hybridized carbons (Fsp3) is 0.429. The van der Waals surface area contributed by atoms with Crippen molar-refractivity contribution in [1.82, 2.24) is 0 Å². The fourth-order valence-electron chi connectivity index (χ4n) is 1.92. The molecule has 104 valence electrons. The highest BCUT2D eigenvalue weighted by Gasteiger charge is 2.20.